The SMILES string of the molecule is CC1=C(C(=O)O)C(c2ccc[n+]([O-])c2C)C(C(=O)O)=C(C#N)N1. The molecule has 0 aliphatic carbocycles. The summed E-state index contributed by atoms with van der Waals surface area (Å²) in [6, 6.07) is 4.62. The number of aromatic nitrogens is 1. The molecule has 23 heavy (non-hydrogen) atoms. The third-order valence-electron chi connectivity index (χ3n) is 3.69. The van der Waals surface area contributed by atoms with Gasteiger partial charge in [0.25, 0.3) is 0 Å². The van der Waals surface area contributed by atoms with E-state index < -0.39 is 23.4 Å². The number of nitrogens with zero attached hydrogens (tertiary/aromatic N) is 2. The number of carboxylic acids is 2. The highest BCUT2D eigenvalue weighted by atomic mass is 16.5. The summed E-state index contributed by atoms with van der Waals surface area (Å²) in [5.74, 6) is -3.97. The smallest absolute Gasteiger partial charge is 0.335 e. The van der Waals surface area contributed by atoms with Gasteiger partial charge in [0, 0.05) is 24.3 Å². The van der Waals surface area contributed by atoms with E-state index in [1.807, 2.05) is 0 Å². The minimum absolute atomic E-state index is 0.157. The molecular formula is C15H13N3O5. The van der Waals surface area contributed by atoms with Crippen molar-refractivity contribution in [3.63, 3.8) is 0 Å². The Morgan fingerprint density at radius 3 is 2.43 bits per heavy atom. The van der Waals surface area contributed by atoms with Crippen LogP contribution in [0, 0.1) is 23.5 Å². The molecule has 2 heterocycles. The molecule has 0 spiro atoms. The molecule has 1 aromatic rings. The second kappa shape index (κ2) is 5.81. The van der Waals surface area contributed by atoms with Crippen LogP contribution in [-0.4, -0.2) is 22.2 Å². The van der Waals surface area contributed by atoms with Crippen LogP contribution in [-0.2, 0) is 9.59 Å². The standard InChI is InChI=1S/C15H13N3O5/c1-7-11(14(19)20)12(9-4-3-5-18(23)8(9)2)13(15(21)22)10(6-16)17-7/h3-5,12,17H,1-2H3,(H,19,20)(H,21,22). The van der Waals surface area contributed by atoms with Crippen LogP contribution in [0.1, 0.15) is 24.1 Å². The zero-order valence-corrected chi connectivity index (χ0v) is 12.3. The van der Waals surface area contributed by atoms with Gasteiger partial charge in [0.2, 0.25) is 0 Å². The van der Waals surface area contributed by atoms with Gasteiger partial charge in [-0.1, -0.05) is 0 Å². The molecule has 1 aromatic heterocycles. The lowest BCUT2D eigenvalue weighted by Gasteiger charge is -2.27. The molecule has 0 radical (unpaired) electrons. The third-order valence-corrected chi connectivity index (χ3v) is 3.69. The Kier molecular flexibility index (Phi) is 4.05. The van der Waals surface area contributed by atoms with Gasteiger partial charge in [-0.05, 0) is 13.0 Å². The molecule has 0 amide bonds. The number of rotatable bonds is 3. The molecular weight excluding hydrogens is 302 g/mol. The Bertz CT molecular complexity index is 817. The fraction of sp³-hybridized carbons (Fsp3) is 0.200. The van der Waals surface area contributed by atoms with Gasteiger partial charge in [0.15, 0.2) is 11.9 Å². The van der Waals surface area contributed by atoms with E-state index >= 15 is 0 Å². The largest absolute Gasteiger partial charge is 0.619 e. The highest BCUT2D eigenvalue weighted by molar-refractivity contribution is 5.99. The summed E-state index contributed by atoms with van der Waals surface area (Å²) in [5, 5.41) is 42.4. The van der Waals surface area contributed by atoms with Crippen molar-refractivity contribution >= 4 is 11.9 Å². The fourth-order valence-corrected chi connectivity index (χ4v) is 2.63. The molecule has 0 saturated carbocycles. The number of pyridine rings is 1. The highest BCUT2D eigenvalue weighted by Gasteiger charge is 2.39. The van der Waals surface area contributed by atoms with Gasteiger partial charge in [0.1, 0.15) is 11.8 Å². The lowest BCUT2D eigenvalue weighted by molar-refractivity contribution is -0.612. The second-order valence-electron chi connectivity index (χ2n) is 4.98. The molecule has 1 aliphatic heterocycles. The molecule has 0 fully saturated rings. The van der Waals surface area contributed by atoms with Crippen LogP contribution in [0.15, 0.2) is 40.9 Å². The van der Waals surface area contributed by atoms with Crippen LogP contribution in [0.3, 0.4) is 0 Å². The summed E-state index contributed by atoms with van der Waals surface area (Å²) in [5.41, 5.74) is -0.302. The quantitative estimate of drug-likeness (QED) is 0.546. The first kappa shape index (κ1) is 16.0. The minimum atomic E-state index is -1.42. The summed E-state index contributed by atoms with van der Waals surface area (Å²) in [4.78, 5) is 23.3. The first-order chi connectivity index (χ1) is 10.8. The number of hydrogen-bond donors (Lipinski definition) is 3. The molecule has 0 saturated heterocycles. The number of nitrogens with one attached hydrogen (secondary N) is 1. The second-order valence-corrected chi connectivity index (χ2v) is 4.98. The zero-order chi connectivity index (χ0) is 17.3. The Morgan fingerprint density at radius 1 is 1.30 bits per heavy atom. The van der Waals surface area contributed by atoms with E-state index in [4.69, 9.17) is 0 Å². The van der Waals surface area contributed by atoms with Crippen LogP contribution < -0.4 is 10.0 Å². The average molecular weight is 315 g/mol. The summed E-state index contributed by atoms with van der Waals surface area (Å²) < 4.78 is 0.525. The van der Waals surface area contributed by atoms with E-state index in [-0.39, 0.29) is 28.2 Å². The van der Waals surface area contributed by atoms with Gasteiger partial charge in [-0.25, -0.2) is 9.59 Å². The first-order valence-electron chi connectivity index (χ1n) is 6.56. The first-order valence-corrected chi connectivity index (χ1v) is 6.56. The number of carboxylic acid groups (broad SMARTS) is 2. The van der Waals surface area contributed by atoms with Gasteiger partial charge in [0.05, 0.1) is 17.1 Å². The number of dihydropyridines is 1. The lowest BCUT2D eigenvalue weighted by Crippen LogP contribution is -2.35. The van der Waals surface area contributed by atoms with E-state index in [0.29, 0.717) is 4.73 Å². The van der Waals surface area contributed by atoms with Crippen LogP contribution in [0.4, 0.5) is 0 Å². The molecule has 3 N–H and O–H groups in total. The van der Waals surface area contributed by atoms with Crippen molar-refractivity contribution in [3.8, 4) is 6.07 Å². The Balaban J connectivity index is 2.84. The highest BCUT2D eigenvalue weighted by Crippen LogP contribution is 2.38. The number of hydrogen-bond acceptors (Lipinski definition) is 5. The number of nitriles is 1. The average Bonchev–Trinajstić information content (AvgIpc) is 2.48. The topological polar surface area (TPSA) is 137 Å². The van der Waals surface area contributed by atoms with Crippen molar-refractivity contribution in [3.05, 3.63) is 57.3 Å². The third kappa shape index (κ3) is 2.60. The van der Waals surface area contributed by atoms with Crippen molar-refractivity contribution in [2.45, 2.75) is 19.8 Å². The van der Waals surface area contributed by atoms with Gasteiger partial charge >= 0.3 is 11.9 Å². The van der Waals surface area contributed by atoms with Crippen molar-refractivity contribution in [2.75, 3.05) is 0 Å². The van der Waals surface area contributed by atoms with Crippen molar-refractivity contribution < 1.29 is 24.5 Å². The molecule has 8 nitrogen and oxygen atoms in total. The molecule has 1 atom stereocenters. The summed E-state index contributed by atoms with van der Waals surface area (Å²) in [6.45, 7) is 2.90. The van der Waals surface area contributed by atoms with Crippen LogP contribution in [0.5, 0.6) is 0 Å². The van der Waals surface area contributed by atoms with Crippen molar-refractivity contribution in [2.24, 2.45) is 0 Å². The molecule has 0 aromatic carbocycles. The monoisotopic (exact) mass is 315 g/mol. The molecule has 8 heteroatoms. The maximum atomic E-state index is 11.8. The number of aliphatic carboxylic acids is 2. The van der Waals surface area contributed by atoms with Gasteiger partial charge in [-0.3, -0.25) is 0 Å². The maximum absolute atomic E-state index is 11.8. The maximum Gasteiger partial charge on any atom is 0.335 e. The van der Waals surface area contributed by atoms with Gasteiger partial charge in [-0.2, -0.15) is 9.99 Å². The Labute approximate surface area is 131 Å². The van der Waals surface area contributed by atoms with E-state index in [1.165, 1.54) is 32.2 Å². The van der Waals surface area contributed by atoms with Gasteiger partial charge in [-0.15, -0.1) is 0 Å². The summed E-state index contributed by atoms with van der Waals surface area (Å²) in [6.07, 6.45) is 1.23. The molecule has 118 valence electrons. The Hall–Kier alpha value is -3.34. The minimum Gasteiger partial charge on any atom is -0.619 e. The molecule has 1 unspecified atom stereocenters. The van der Waals surface area contributed by atoms with Crippen LogP contribution in [0.2, 0.25) is 0 Å². The fourth-order valence-electron chi connectivity index (χ4n) is 2.63. The molecule has 2 rings (SSSR count). The molecule has 0 bridgehead atoms. The molecule has 1 aliphatic rings. The number of carbonyl (C=O) groups is 2. The van der Waals surface area contributed by atoms with E-state index in [2.05, 4.69) is 5.32 Å². The number of allylic oxidation sites excluding steroid dienone is 2. The lowest BCUT2D eigenvalue weighted by atomic mass is 9.80. The zero-order valence-electron chi connectivity index (χ0n) is 12.3. The van der Waals surface area contributed by atoms with Crippen LogP contribution >= 0.6 is 0 Å². The normalized spacial score (nSPS) is 17.5. The predicted molar refractivity (Wildman–Crippen MR) is 76.6 cm³/mol. The summed E-state index contributed by atoms with van der Waals surface area (Å²) in [7, 11) is 0. The van der Waals surface area contributed by atoms with Crippen LogP contribution in [0.25, 0.3) is 0 Å². The van der Waals surface area contributed by atoms with Gasteiger partial charge < -0.3 is 20.7 Å². The van der Waals surface area contributed by atoms with E-state index in [9.17, 15) is 30.3 Å². The van der Waals surface area contributed by atoms with E-state index in [0.717, 1.165) is 0 Å². The van der Waals surface area contributed by atoms with E-state index in [1.54, 1.807) is 6.07 Å². The van der Waals surface area contributed by atoms with Crippen molar-refractivity contribution in [1.29, 1.82) is 5.26 Å². The van der Waals surface area contributed by atoms with Crippen molar-refractivity contribution in [1.82, 2.24) is 5.32 Å². The predicted octanol–water partition coefficient (Wildman–Crippen LogP) is 0.536. The Morgan fingerprint density at radius 2 is 1.91 bits per heavy atom. The summed E-state index contributed by atoms with van der Waals surface area (Å²) >= 11 is 0.